The first-order valence-electron chi connectivity index (χ1n) is 6.06. The van der Waals surface area contributed by atoms with Crippen LogP contribution in [0, 0.1) is 0 Å². The summed E-state index contributed by atoms with van der Waals surface area (Å²) in [6.45, 7) is 2.59. The largest absolute Gasteiger partial charge is 0.347 e. The molecule has 19 heavy (non-hydrogen) atoms. The van der Waals surface area contributed by atoms with E-state index in [1.807, 2.05) is 16.9 Å². The fourth-order valence-corrected chi connectivity index (χ4v) is 2.47. The zero-order valence-corrected chi connectivity index (χ0v) is 12.1. The molecule has 0 aromatic carbocycles. The number of hydrogen-bond donors (Lipinski definition) is 0. The molecule has 0 radical (unpaired) electrons. The quantitative estimate of drug-likeness (QED) is 0.838. The summed E-state index contributed by atoms with van der Waals surface area (Å²) in [6, 6.07) is 2.30. The summed E-state index contributed by atoms with van der Waals surface area (Å²) in [4.78, 5) is 17.7. The van der Waals surface area contributed by atoms with E-state index >= 15 is 0 Å². The van der Waals surface area contributed by atoms with E-state index < -0.39 is 0 Å². The van der Waals surface area contributed by atoms with Crippen molar-refractivity contribution < 1.29 is 0 Å². The van der Waals surface area contributed by atoms with Crippen LogP contribution in [-0.2, 0) is 13.6 Å². The lowest BCUT2D eigenvalue weighted by Gasteiger charge is -2.38. The Morgan fingerprint density at radius 1 is 1.47 bits per heavy atom. The average molecular weight is 324 g/mol. The van der Waals surface area contributed by atoms with Crippen molar-refractivity contribution in [2.45, 2.75) is 12.6 Å². The van der Waals surface area contributed by atoms with Gasteiger partial charge in [0.25, 0.3) is 0 Å². The molecule has 0 atom stereocenters. The first-order chi connectivity index (χ1) is 9.11. The number of likely N-dealkylation sites (tertiary alicyclic amines) is 1. The van der Waals surface area contributed by atoms with E-state index in [1.165, 1.54) is 4.57 Å². The molecule has 2 aromatic rings. The summed E-state index contributed by atoms with van der Waals surface area (Å²) in [6.07, 6.45) is 5.54. The van der Waals surface area contributed by atoms with Crippen LogP contribution < -0.4 is 5.69 Å². The third kappa shape index (κ3) is 2.62. The molecule has 7 heteroatoms. The number of halogens is 1. The highest BCUT2D eigenvalue weighted by molar-refractivity contribution is 9.10. The van der Waals surface area contributed by atoms with Crippen LogP contribution >= 0.6 is 15.9 Å². The van der Waals surface area contributed by atoms with E-state index in [0.29, 0.717) is 6.04 Å². The van der Waals surface area contributed by atoms with Crippen molar-refractivity contribution in [1.82, 2.24) is 24.2 Å². The highest BCUT2D eigenvalue weighted by Gasteiger charge is 2.28. The van der Waals surface area contributed by atoms with E-state index in [9.17, 15) is 4.79 Å². The van der Waals surface area contributed by atoms with Crippen molar-refractivity contribution >= 4 is 15.9 Å². The van der Waals surface area contributed by atoms with Gasteiger partial charge in [-0.1, -0.05) is 0 Å². The highest BCUT2D eigenvalue weighted by Crippen LogP contribution is 2.23. The summed E-state index contributed by atoms with van der Waals surface area (Å²) in [7, 11) is 1.70. The van der Waals surface area contributed by atoms with Crippen molar-refractivity contribution in [2.75, 3.05) is 13.1 Å². The van der Waals surface area contributed by atoms with Crippen molar-refractivity contribution in [3.63, 3.8) is 0 Å². The third-order valence-electron chi connectivity index (χ3n) is 3.30. The summed E-state index contributed by atoms with van der Waals surface area (Å²) in [5.74, 6) is 0. The maximum atomic E-state index is 11.4. The van der Waals surface area contributed by atoms with Crippen LogP contribution in [0.3, 0.4) is 0 Å². The fourth-order valence-electron chi connectivity index (χ4n) is 2.17. The Morgan fingerprint density at radius 2 is 2.26 bits per heavy atom. The van der Waals surface area contributed by atoms with Crippen LogP contribution in [0.4, 0.5) is 0 Å². The molecule has 0 unspecified atom stereocenters. The molecule has 0 saturated carbocycles. The minimum absolute atomic E-state index is 0.203. The number of nitrogens with zero attached hydrogens (tertiary/aromatic N) is 5. The van der Waals surface area contributed by atoms with Gasteiger partial charge in [-0.2, -0.15) is 10.1 Å². The highest BCUT2D eigenvalue weighted by atomic mass is 79.9. The zero-order valence-electron chi connectivity index (χ0n) is 10.5. The molecule has 0 spiro atoms. The molecular formula is C12H14BrN5O. The second-order valence-electron chi connectivity index (χ2n) is 4.80. The smallest absolute Gasteiger partial charge is 0.302 e. The Morgan fingerprint density at radius 3 is 2.89 bits per heavy atom. The molecule has 3 rings (SSSR count). The van der Waals surface area contributed by atoms with E-state index in [1.54, 1.807) is 19.4 Å². The van der Waals surface area contributed by atoms with Crippen molar-refractivity contribution in [1.29, 1.82) is 0 Å². The molecule has 0 N–H and O–H groups in total. The minimum atomic E-state index is -0.203. The Hall–Kier alpha value is -1.47. The van der Waals surface area contributed by atoms with Crippen molar-refractivity contribution in [2.24, 2.45) is 7.05 Å². The van der Waals surface area contributed by atoms with Crippen LogP contribution in [0.25, 0.3) is 0 Å². The summed E-state index contributed by atoms with van der Waals surface area (Å²) >= 11 is 3.39. The van der Waals surface area contributed by atoms with E-state index in [4.69, 9.17) is 0 Å². The van der Waals surface area contributed by atoms with Gasteiger partial charge in [-0.05, 0) is 22.0 Å². The van der Waals surface area contributed by atoms with Gasteiger partial charge in [0.15, 0.2) is 0 Å². The van der Waals surface area contributed by atoms with Crippen LogP contribution in [0.5, 0.6) is 0 Å². The summed E-state index contributed by atoms with van der Waals surface area (Å²) in [5, 5.41) is 4.28. The van der Waals surface area contributed by atoms with E-state index in [-0.39, 0.29) is 5.69 Å². The normalized spacial score (nSPS) is 16.5. The molecule has 0 bridgehead atoms. The molecule has 0 aliphatic carbocycles. The first kappa shape index (κ1) is 12.6. The van der Waals surface area contributed by atoms with Crippen LogP contribution in [0.2, 0.25) is 0 Å². The maximum absolute atomic E-state index is 11.4. The lowest BCUT2D eigenvalue weighted by Crippen LogP contribution is -2.47. The molecule has 3 heterocycles. The number of aromatic nitrogens is 4. The molecule has 6 nitrogen and oxygen atoms in total. The molecule has 1 fully saturated rings. The third-order valence-corrected chi connectivity index (χ3v) is 3.71. The van der Waals surface area contributed by atoms with Crippen molar-refractivity contribution in [3.8, 4) is 0 Å². The molecular weight excluding hydrogens is 310 g/mol. The Bertz CT molecular complexity index is 644. The molecule has 0 amide bonds. The second kappa shape index (κ2) is 4.90. The lowest BCUT2D eigenvalue weighted by atomic mass is 10.1. The number of hydrogen-bond acceptors (Lipinski definition) is 4. The number of rotatable bonds is 3. The minimum Gasteiger partial charge on any atom is -0.302 e. The van der Waals surface area contributed by atoms with Gasteiger partial charge < -0.3 is 4.57 Å². The second-order valence-corrected chi connectivity index (χ2v) is 5.71. The van der Waals surface area contributed by atoms with Crippen LogP contribution in [0.15, 0.2) is 33.9 Å². The van der Waals surface area contributed by atoms with Gasteiger partial charge >= 0.3 is 5.69 Å². The van der Waals surface area contributed by atoms with E-state index in [0.717, 1.165) is 29.8 Å². The van der Waals surface area contributed by atoms with Crippen LogP contribution in [0.1, 0.15) is 11.7 Å². The van der Waals surface area contributed by atoms with Gasteiger partial charge in [0.2, 0.25) is 0 Å². The van der Waals surface area contributed by atoms with Crippen molar-refractivity contribution in [3.05, 3.63) is 45.3 Å². The zero-order chi connectivity index (χ0) is 13.4. The van der Waals surface area contributed by atoms with E-state index in [2.05, 4.69) is 30.9 Å². The van der Waals surface area contributed by atoms with Crippen LogP contribution in [-0.4, -0.2) is 37.3 Å². The maximum Gasteiger partial charge on any atom is 0.347 e. The molecule has 1 saturated heterocycles. The molecule has 1 aliphatic rings. The van der Waals surface area contributed by atoms with Gasteiger partial charge in [0.05, 0.1) is 22.4 Å². The predicted octanol–water partition coefficient (Wildman–Crippen LogP) is 0.796. The monoisotopic (exact) mass is 323 g/mol. The molecule has 2 aromatic heterocycles. The SMILES string of the molecule is Cn1ccc(CN2CC(n3cc(Br)cn3)C2)nc1=O. The Labute approximate surface area is 118 Å². The topological polar surface area (TPSA) is 56.0 Å². The number of aryl methyl sites for hydroxylation is 1. The Kier molecular flexibility index (Phi) is 3.24. The first-order valence-corrected chi connectivity index (χ1v) is 6.86. The lowest BCUT2D eigenvalue weighted by molar-refractivity contribution is 0.0893. The molecule has 1 aliphatic heterocycles. The van der Waals surface area contributed by atoms with Gasteiger partial charge in [-0.3, -0.25) is 9.58 Å². The summed E-state index contributed by atoms with van der Waals surface area (Å²) < 4.78 is 4.45. The fraction of sp³-hybridized carbons (Fsp3) is 0.417. The predicted molar refractivity (Wildman–Crippen MR) is 73.7 cm³/mol. The Balaban J connectivity index is 1.59. The summed E-state index contributed by atoms with van der Waals surface area (Å²) in [5.41, 5.74) is 0.619. The van der Waals surface area contributed by atoms with Gasteiger partial charge in [-0.15, -0.1) is 0 Å². The van der Waals surface area contributed by atoms with Gasteiger partial charge in [0.1, 0.15) is 0 Å². The van der Waals surface area contributed by atoms with Gasteiger partial charge in [0, 0.05) is 39.1 Å². The standard InChI is InChI=1S/C12H14BrN5O/c1-16-3-2-10(15-12(16)19)6-17-7-11(8-17)18-5-9(13)4-14-18/h2-5,11H,6-8H2,1H3. The average Bonchev–Trinajstić information content (AvgIpc) is 2.74. The van der Waals surface area contributed by atoms with Gasteiger partial charge in [-0.25, -0.2) is 4.79 Å². The molecule has 100 valence electrons.